The van der Waals surface area contributed by atoms with E-state index in [1.54, 1.807) is 24.3 Å². The molecule has 0 radical (unpaired) electrons. The van der Waals surface area contributed by atoms with E-state index in [9.17, 15) is 18.0 Å². The van der Waals surface area contributed by atoms with Crippen molar-refractivity contribution in [3.8, 4) is 11.5 Å². The summed E-state index contributed by atoms with van der Waals surface area (Å²) in [7, 11) is 1.52. The Hall–Kier alpha value is -2.18. The van der Waals surface area contributed by atoms with Gasteiger partial charge in [0.05, 0.1) is 19.6 Å². The van der Waals surface area contributed by atoms with Gasteiger partial charge in [-0.3, -0.25) is 4.79 Å². The Kier molecular flexibility index (Phi) is 7.56. The number of halogens is 3. The van der Waals surface area contributed by atoms with E-state index >= 15 is 0 Å². The largest absolute Gasteiger partial charge is 0.493 e. The van der Waals surface area contributed by atoms with Crippen molar-refractivity contribution in [2.24, 2.45) is 5.92 Å². The standard InChI is InChI=1S/C20H26F3NO3/c1-3-12-27-17-10-8-14(13-18(17)26-2)9-11-19(25)24-16-7-5-4-6-15(16)20(21,22)23/h8-11,13,15-16H,3-7,12H2,1-2H3,(H,24,25)/b11-9+/t15-,16+/m0/s1. The Morgan fingerprint density at radius 2 is 2.00 bits per heavy atom. The highest BCUT2D eigenvalue weighted by molar-refractivity contribution is 5.92. The number of hydrogen-bond acceptors (Lipinski definition) is 3. The minimum atomic E-state index is -4.29. The molecule has 1 aromatic carbocycles. The zero-order chi connectivity index (χ0) is 19.9. The van der Waals surface area contributed by atoms with Gasteiger partial charge >= 0.3 is 6.18 Å². The lowest BCUT2D eigenvalue weighted by Gasteiger charge is -2.33. The number of carbonyl (C=O) groups excluding carboxylic acids is 1. The van der Waals surface area contributed by atoms with Gasteiger partial charge in [0.25, 0.3) is 0 Å². The summed E-state index contributed by atoms with van der Waals surface area (Å²) in [6.07, 6.45) is 1.02. The van der Waals surface area contributed by atoms with Gasteiger partial charge in [-0.15, -0.1) is 0 Å². The molecule has 0 aliphatic heterocycles. The molecule has 1 aliphatic rings. The molecule has 1 saturated carbocycles. The summed E-state index contributed by atoms with van der Waals surface area (Å²) in [6.45, 7) is 2.56. The number of hydrogen-bond donors (Lipinski definition) is 1. The van der Waals surface area contributed by atoms with Crippen LogP contribution in [0.3, 0.4) is 0 Å². The van der Waals surface area contributed by atoms with Crippen molar-refractivity contribution < 1.29 is 27.4 Å². The van der Waals surface area contributed by atoms with Crippen LogP contribution in [0.2, 0.25) is 0 Å². The Balaban J connectivity index is 2.01. The second-order valence-electron chi connectivity index (χ2n) is 6.64. The number of methoxy groups -OCH3 is 1. The topological polar surface area (TPSA) is 47.6 Å². The number of nitrogens with one attached hydrogen (secondary N) is 1. The van der Waals surface area contributed by atoms with Gasteiger partial charge in [0, 0.05) is 12.1 Å². The summed E-state index contributed by atoms with van der Waals surface area (Å²) in [4.78, 5) is 12.1. The highest BCUT2D eigenvalue weighted by atomic mass is 19.4. The van der Waals surface area contributed by atoms with Crippen molar-refractivity contribution in [3.63, 3.8) is 0 Å². The molecule has 0 spiro atoms. The van der Waals surface area contributed by atoms with E-state index in [1.165, 1.54) is 13.2 Å². The zero-order valence-corrected chi connectivity index (χ0v) is 15.6. The predicted octanol–water partition coefficient (Wildman–Crippen LogP) is 4.73. The maximum absolute atomic E-state index is 13.1. The van der Waals surface area contributed by atoms with Gasteiger partial charge in [0.15, 0.2) is 11.5 Å². The van der Waals surface area contributed by atoms with Gasteiger partial charge in [0.1, 0.15) is 0 Å². The molecule has 4 nitrogen and oxygen atoms in total. The third-order valence-corrected chi connectivity index (χ3v) is 4.59. The molecule has 1 fully saturated rings. The number of carbonyl (C=O) groups is 1. The fourth-order valence-corrected chi connectivity index (χ4v) is 3.22. The maximum Gasteiger partial charge on any atom is 0.393 e. The summed E-state index contributed by atoms with van der Waals surface area (Å²) in [5, 5.41) is 2.51. The van der Waals surface area contributed by atoms with Crippen LogP contribution in [0.4, 0.5) is 13.2 Å². The Labute approximate surface area is 157 Å². The van der Waals surface area contributed by atoms with Gasteiger partial charge in [-0.05, 0) is 43.0 Å². The van der Waals surface area contributed by atoms with Crippen molar-refractivity contribution in [3.05, 3.63) is 29.8 Å². The summed E-state index contributed by atoms with van der Waals surface area (Å²) in [6, 6.07) is 4.35. The molecular formula is C20H26F3NO3. The fraction of sp³-hybridized carbons (Fsp3) is 0.550. The van der Waals surface area contributed by atoms with Crippen LogP contribution in [0, 0.1) is 5.92 Å². The number of benzene rings is 1. The first-order valence-electron chi connectivity index (χ1n) is 9.21. The van der Waals surface area contributed by atoms with Crippen LogP contribution in [-0.4, -0.2) is 31.8 Å². The molecule has 7 heteroatoms. The van der Waals surface area contributed by atoms with Crippen LogP contribution in [-0.2, 0) is 4.79 Å². The van der Waals surface area contributed by atoms with Crippen LogP contribution in [0.5, 0.6) is 11.5 Å². The van der Waals surface area contributed by atoms with Crippen LogP contribution < -0.4 is 14.8 Å². The molecule has 2 rings (SSSR count). The lowest BCUT2D eigenvalue weighted by Crippen LogP contribution is -2.47. The molecule has 2 atom stereocenters. The van der Waals surface area contributed by atoms with E-state index in [-0.39, 0.29) is 6.42 Å². The van der Waals surface area contributed by atoms with Gasteiger partial charge in [-0.1, -0.05) is 25.8 Å². The lowest BCUT2D eigenvalue weighted by atomic mass is 9.84. The first-order chi connectivity index (χ1) is 12.8. The molecule has 150 valence electrons. The lowest BCUT2D eigenvalue weighted by molar-refractivity contribution is -0.188. The van der Waals surface area contributed by atoms with Crippen LogP contribution in [0.25, 0.3) is 6.08 Å². The smallest absolute Gasteiger partial charge is 0.393 e. The average molecular weight is 385 g/mol. The Bertz CT molecular complexity index is 658. The normalized spacial score (nSPS) is 20.5. The number of rotatable bonds is 7. The van der Waals surface area contributed by atoms with Gasteiger partial charge in [-0.25, -0.2) is 0 Å². The molecule has 0 unspecified atom stereocenters. The highest BCUT2D eigenvalue weighted by Crippen LogP contribution is 2.37. The van der Waals surface area contributed by atoms with Crippen molar-refractivity contribution in [2.45, 2.75) is 51.2 Å². The van der Waals surface area contributed by atoms with Gasteiger partial charge in [-0.2, -0.15) is 13.2 Å². The van der Waals surface area contributed by atoms with E-state index < -0.39 is 24.0 Å². The van der Waals surface area contributed by atoms with E-state index in [2.05, 4.69) is 5.32 Å². The number of alkyl halides is 3. The first kappa shape index (κ1) is 21.1. The minimum absolute atomic E-state index is 0.0641. The SMILES string of the molecule is CCCOc1ccc(/C=C/C(=O)N[C@@H]2CCCC[C@@H]2C(F)(F)F)cc1OC. The number of ether oxygens (including phenoxy) is 2. The van der Waals surface area contributed by atoms with E-state index in [1.807, 2.05) is 6.92 Å². The van der Waals surface area contributed by atoms with Crippen molar-refractivity contribution in [1.82, 2.24) is 5.32 Å². The second kappa shape index (κ2) is 9.67. The van der Waals surface area contributed by atoms with E-state index in [0.717, 1.165) is 6.42 Å². The Morgan fingerprint density at radius 3 is 2.67 bits per heavy atom. The Morgan fingerprint density at radius 1 is 1.26 bits per heavy atom. The molecule has 0 saturated heterocycles. The van der Waals surface area contributed by atoms with Crippen LogP contribution >= 0.6 is 0 Å². The van der Waals surface area contributed by atoms with Crippen molar-refractivity contribution in [2.75, 3.05) is 13.7 Å². The summed E-state index contributed by atoms with van der Waals surface area (Å²) in [5.41, 5.74) is 0.696. The molecule has 27 heavy (non-hydrogen) atoms. The summed E-state index contributed by atoms with van der Waals surface area (Å²) in [5.74, 6) is -0.855. The summed E-state index contributed by atoms with van der Waals surface area (Å²) < 4.78 is 50.2. The quantitative estimate of drug-likeness (QED) is 0.690. The minimum Gasteiger partial charge on any atom is -0.493 e. The van der Waals surface area contributed by atoms with Gasteiger partial charge in [0.2, 0.25) is 5.91 Å². The monoisotopic (exact) mass is 385 g/mol. The first-order valence-corrected chi connectivity index (χ1v) is 9.21. The fourth-order valence-electron chi connectivity index (χ4n) is 3.22. The highest BCUT2D eigenvalue weighted by Gasteiger charge is 2.45. The molecule has 0 bridgehead atoms. The molecule has 0 heterocycles. The number of amides is 1. The molecule has 0 aromatic heterocycles. The molecule has 1 N–H and O–H groups in total. The predicted molar refractivity (Wildman–Crippen MR) is 97.8 cm³/mol. The summed E-state index contributed by atoms with van der Waals surface area (Å²) >= 11 is 0. The van der Waals surface area contributed by atoms with Crippen molar-refractivity contribution in [1.29, 1.82) is 0 Å². The van der Waals surface area contributed by atoms with Crippen molar-refractivity contribution >= 4 is 12.0 Å². The molecular weight excluding hydrogens is 359 g/mol. The zero-order valence-electron chi connectivity index (χ0n) is 15.6. The average Bonchev–Trinajstić information content (AvgIpc) is 2.64. The molecule has 1 amide bonds. The third-order valence-electron chi connectivity index (χ3n) is 4.59. The second-order valence-corrected chi connectivity index (χ2v) is 6.64. The van der Waals surface area contributed by atoms with Crippen LogP contribution in [0.15, 0.2) is 24.3 Å². The van der Waals surface area contributed by atoms with Gasteiger partial charge < -0.3 is 14.8 Å². The van der Waals surface area contributed by atoms with E-state index in [4.69, 9.17) is 9.47 Å². The third kappa shape index (κ3) is 6.19. The maximum atomic E-state index is 13.1. The molecule has 1 aromatic rings. The molecule has 1 aliphatic carbocycles. The van der Waals surface area contributed by atoms with E-state index in [0.29, 0.717) is 42.9 Å². The van der Waals surface area contributed by atoms with Crippen LogP contribution in [0.1, 0.15) is 44.6 Å².